The number of piperidine rings is 1. The first-order valence-corrected chi connectivity index (χ1v) is 7.70. The van der Waals surface area contributed by atoms with Crippen molar-refractivity contribution in [1.29, 1.82) is 0 Å². The highest BCUT2D eigenvalue weighted by molar-refractivity contribution is 6.31. The van der Waals surface area contributed by atoms with Crippen LogP contribution in [-0.4, -0.2) is 13.1 Å². The van der Waals surface area contributed by atoms with Crippen molar-refractivity contribution in [3.05, 3.63) is 28.8 Å². The third-order valence-corrected chi connectivity index (χ3v) is 4.31. The lowest BCUT2D eigenvalue weighted by Crippen LogP contribution is -2.38. The van der Waals surface area contributed by atoms with Crippen molar-refractivity contribution in [2.75, 3.05) is 18.0 Å². The minimum Gasteiger partial charge on any atom is -0.371 e. The van der Waals surface area contributed by atoms with E-state index in [1.54, 1.807) is 0 Å². The van der Waals surface area contributed by atoms with Crippen LogP contribution >= 0.6 is 11.6 Å². The van der Waals surface area contributed by atoms with E-state index in [4.69, 9.17) is 11.6 Å². The summed E-state index contributed by atoms with van der Waals surface area (Å²) in [4.78, 5) is 2.48. The topological polar surface area (TPSA) is 3.24 Å². The number of benzene rings is 1. The smallest absolute Gasteiger partial charge is 0.0463 e. The number of hydrogen-bond donors (Lipinski definition) is 0. The number of nitrogens with zero attached hydrogens (tertiary/aromatic N) is 1. The molecule has 0 saturated carbocycles. The maximum atomic E-state index is 6.48. The quantitative estimate of drug-likeness (QED) is 0.690. The van der Waals surface area contributed by atoms with Crippen LogP contribution < -0.4 is 4.90 Å². The van der Waals surface area contributed by atoms with Crippen molar-refractivity contribution in [3.63, 3.8) is 0 Å². The monoisotopic (exact) mass is 279 g/mol. The standard InChI is InChI=1S/C17H26ClN/c1-12-8-13(2)11-19(10-12)14-6-7-15(16(18)9-14)17(3,4)5/h6-7,9,12-13H,8,10-11H2,1-5H3/t12-,13+. The van der Waals surface area contributed by atoms with Gasteiger partial charge in [-0.3, -0.25) is 0 Å². The lowest BCUT2D eigenvalue weighted by Gasteiger charge is -2.37. The Labute approximate surface area is 123 Å². The first-order valence-electron chi connectivity index (χ1n) is 7.32. The predicted molar refractivity (Wildman–Crippen MR) is 85.3 cm³/mol. The number of halogens is 1. The third-order valence-electron chi connectivity index (χ3n) is 3.99. The van der Waals surface area contributed by atoms with Crippen LogP contribution in [0.2, 0.25) is 5.02 Å². The zero-order chi connectivity index (χ0) is 14.2. The zero-order valence-electron chi connectivity index (χ0n) is 12.8. The lowest BCUT2D eigenvalue weighted by atomic mass is 9.86. The second kappa shape index (κ2) is 5.36. The van der Waals surface area contributed by atoms with E-state index in [9.17, 15) is 0 Å². The molecule has 0 bridgehead atoms. The highest BCUT2D eigenvalue weighted by Gasteiger charge is 2.23. The van der Waals surface area contributed by atoms with Crippen LogP contribution in [0.25, 0.3) is 0 Å². The first kappa shape index (κ1) is 14.7. The van der Waals surface area contributed by atoms with Gasteiger partial charge in [-0.05, 0) is 41.4 Å². The van der Waals surface area contributed by atoms with Gasteiger partial charge in [0.05, 0.1) is 0 Å². The van der Waals surface area contributed by atoms with Crippen molar-refractivity contribution in [2.45, 2.75) is 46.5 Å². The Hall–Kier alpha value is -0.690. The number of rotatable bonds is 1. The second-order valence-corrected chi connectivity index (χ2v) is 7.67. The molecular weight excluding hydrogens is 254 g/mol. The molecular formula is C17H26ClN. The van der Waals surface area contributed by atoms with Crippen molar-refractivity contribution in [3.8, 4) is 0 Å². The summed E-state index contributed by atoms with van der Waals surface area (Å²) in [5.41, 5.74) is 2.62. The summed E-state index contributed by atoms with van der Waals surface area (Å²) < 4.78 is 0. The summed E-state index contributed by atoms with van der Waals surface area (Å²) in [6.07, 6.45) is 1.34. The average molecular weight is 280 g/mol. The van der Waals surface area contributed by atoms with Gasteiger partial charge in [0.25, 0.3) is 0 Å². The SMILES string of the molecule is C[C@@H]1C[C@H](C)CN(c2ccc(C(C)(C)C)c(Cl)c2)C1. The molecule has 1 saturated heterocycles. The number of hydrogen-bond acceptors (Lipinski definition) is 1. The molecule has 0 unspecified atom stereocenters. The van der Waals surface area contributed by atoms with Gasteiger partial charge in [-0.2, -0.15) is 0 Å². The Morgan fingerprint density at radius 1 is 1.11 bits per heavy atom. The molecule has 1 fully saturated rings. The van der Waals surface area contributed by atoms with Crippen molar-refractivity contribution < 1.29 is 0 Å². The molecule has 0 amide bonds. The molecule has 0 aliphatic carbocycles. The van der Waals surface area contributed by atoms with Crippen molar-refractivity contribution in [2.24, 2.45) is 11.8 Å². The Bertz CT molecular complexity index is 437. The molecule has 1 aliphatic heterocycles. The fourth-order valence-corrected chi connectivity index (χ4v) is 3.64. The van der Waals surface area contributed by atoms with E-state index in [2.05, 4.69) is 57.7 Å². The molecule has 1 aromatic carbocycles. The van der Waals surface area contributed by atoms with Crippen LogP contribution in [0.15, 0.2) is 18.2 Å². The van der Waals surface area contributed by atoms with E-state index in [0.717, 1.165) is 29.9 Å². The molecule has 19 heavy (non-hydrogen) atoms. The second-order valence-electron chi connectivity index (χ2n) is 7.27. The first-order chi connectivity index (χ1) is 8.77. The molecule has 2 heteroatoms. The zero-order valence-corrected chi connectivity index (χ0v) is 13.6. The van der Waals surface area contributed by atoms with Gasteiger partial charge in [0.1, 0.15) is 0 Å². The van der Waals surface area contributed by atoms with Gasteiger partial charge in [0.2, 0.25) is 0 Å². The third kappa shape index (κ3) is 3.45. The Kier molecular flexibility index (Phi) is 4.15. The minimum absolute atomic E-state index is 0.109. The maximum Gasteiger partial charge on any atom is 0.0463 e. The van der Waals surface area contributed by atoms with E-state index < -0.39 is 0 Å². The van der Waals surface area contributed by atoms with E-state index in [1.807, 2.05) is 0 Å². The van der Waals surface area contributed by atoms with Gasteiger partial charge in [-0.25, -0.2) is 0 Å². The average Bonchev–Trinajstić information content (AvgIpc) is 2.25. The summed E-state index contributed by atoms with van der Waals surface area (Å²) in [5.74, 6) is 1.54. The van der Waals surface area contributed by atoms with Crippen LogP contribution in [-0.2, 0) is 5.41 Å². The molecule has 1 aromatic rings. The Morgan fingerprint density at radius 3 is 2.16 bits per heavy atom. The molecule has 1 aliphatic rings. The molecule has 1 nitrogen and oxygen atoms in total. The molecule has 0 radical (unpaired) electrons. The van der Waals surface area contributed by atoms with Crippen LogP contribution in [0.1, 0.15) is 46.6 Å². The fourth-order valence-electron chi connectivity index (χ4n) is 3.18. The van der Waals surface area contributed by atoms with Crippen molar-refractivity contribution >= 4 is 17.3 Å². The Balaban J connectivity index is 2.25. The predicted octanol–water partition coefficient (Wildman–Crippen LogP) is 5.12. The van der Waals surface area contributed by atoms with E-state index in [-0.39, 0.29) is 5.41 Å². The van der Waals surface area contributed by atoms with Crippen LogP contribution in [0.3, 0.4) is 0 Å². The largest absolute Gasteiger partial charge is 0.371 e. The summed E-state index contributed by atoms with van der Waals surface area (Å²) >= 11 is 6.48. The van der Waals surface area contributed by atoms with E-state index >= 15 is 0 Å². The molecule has 2 rings (SSSR count). The highest BCUT2D eigenvalue weighted by Crippen LogP contribution is 2.34. The molecule has 0 N–H and O–H groups in total. The number of anilines is 1. The van der Waals surface area contributed by atoms with Gasteiger partial charge >= 0.3 is 0 Å². The molecule has 1 heterocycles. The van der Waals surface area contributed by atoms with Gasteiger partial charge < -0.3 is 4.90 Å². The summed E-state index contributed by atoms with van der Waals surface area (Å²) in [5, 5.41) is 0.899. The summed E-state index contributed by atoms with van der Waals surface area (Å²) in [7, 11) is 0. The fraction of sp³-hybridized carbons (Fsp3) is 0.647. The molecule has 106 valence electrons. The lowest BCUT2D eigenvalue weighted by molar-refractivity contribution is 0.357. The molecule has 0 spiro atoms. The Morgan fingerprint density at radius 2 is 1.68 bits per heavy atom. The maximum absolute atomic E-state index is 6.48. The minimum atomic E-state index is 0.109. The van der Waals surface area contributed by atoms with Gasteiger partial charge in [-0.1, -0.05) is 52.3 Å². The highest BCUT2D eigenvalue weighted by atomic mass is 35.5. The molecule has 2 atom stereocenters. The molecule has 0 aromatic heterocycles. The van der Waals surface area contributed by atoms with Crippen molar-refractivity contribution in [1.82, 2.24) is 0 Å². The van der Waals surface area contributed by atoms with Crippen LogP contribution in [0.5, 0.6) is 0 Å². The summed E-state index contributed by atoms with van der Waals surface area (Å²) in [6, 6.07) is 6.58. The van der Waals surface area contributed by atoms with Gasteiger partial charge in [0, 0.05) is 23.8 Å². The van der Waals surface area contributed by atoms with E-state index in [0.29, 0.717) is 0 Å². The normalized spacial score (nSPS) is 24.6. The van der Waals surface area contributed by atoms with Gasteiger partial charge in [0.15, 0.2) is 0 Å². The van der Waals surface area contributed by atoms with Crippen LogP contribution in [0, 0.1) is 11.8 Å². The van der Waals surface area contributed by atoms with Gasteiger partial charge in [-0.15, -0.1) is 0 Å². The van der Waals surface area contributed by atoms with Crippen LogP contribution in [0.4, 0.5) is 5.69 Å². The van der Waals surface area contributed by atoms with E-state index in [1.165, 1.54) is 17.7 Å². The summed E-state index contributed by atoms with van der Waals surface area (Å²) in [6.45, 7) is 13.6.